The van der Waals surface area contributed by atoms with Crippen molar-refractivity contribution in [2.75, 3.05) is 18.1 Å². The van der Waals surface area contributed by atoms with Crippen LogP contribution in [0.1, 0.15) is 56.0 Å². The van der Waals surface area contributed by atoms with Gasteiger partial charge in [0, 0.05) is 30.1 Å². The zero-order chi connectivity index (χ0) is 28.7. The molecule has 0 radical (unpaired) electrons. The fourth-order valence-electron chi connectivity index (χ4n) is 4.95. The van der Waals surface area contributed by atoms with Crippen LogP contribution < -0.4 is 16.0 Å². The summed E-state index contributed by atoms with van der Waals surface area (Å²) in [4.78, 5) is 26.7. The smallest absolute Gasteiger partial charge is 0.287 e. The Balaban J connectivity index is 1.40. The van der Waals surface area contributed by atoms with Crippen molar-refractivity contribution in [3.8, 4) is 11.3 Å². The van der Waals surface area contributed by atoms with Crippen molar-refractivity contribution in [2.45, 2.75) is 62.4 Å². The first kappa shape index (κ1) is 29.3. The molecule has 1 saturated carbocycles. The van der Waals surface area contributed by atoms with Gasteiger partial charge in [0.15, 0.2) is 15.6 Å². The fraction of sp³-hybridized carbons (Fsp3) is 0.400. The van der Waals surface area contributed by atoms with E-state index in [-0.39, 0.29) is 28.4 Å². The molecule has 10 heteroatoms. The average molecular weight is 570 g/mol. The van der Waals surface area contributed by atoms with Gasteiger partial charge >= 0.3 is 0 Å². The Morgan fingerprint density at radius 2 is 1.73 bits per heavy atom. The van der Waals surface area contributed by atoms with Gasteiger partial charge in [-0.05, 0) is 73.9 Å². The maximum absolute atomic E-state index is 13.4. The summed E-state index contributed by atoms with van der Waals surface area (Å²) in [5, 5.41) is 9.01. The van der Waals surface area contributed by atoms with Crippen LogP contribution in [0.15, 0.2) is 70.0 Å². The Kier molecular flexibility index (Phi) is 9.63. The van der Waals surface area contributed by atoms with E-state index in [0.717, 1.165) is 31.9 Å². The van der Waals surface area contributed by atoms with Gasteiger partial charge in [-0.2, -0.15) is 0 Å². The number of halogens is 1. The number of rotatable bonds is 11. The highest BCUT2D eigenvalue weighted by Crippen LogP contribution is 2.28. The van der Waals surface area contributed by atoms with Gasteiger partial charge in [0.1, 0.15) is 17.6 Å². The van der Waals surface area contributed by atoms with E-state index >= 15 is 0 Å². The van der Waals surface area contributed by atoms with E-state index in [0.29, 0.717) is 35.9 Å². The molecular formula is C30H36FN3O5S. The van der Waals surface area contributed by atoms with E-state index in [1.807, 2.05) is 6.92 Å². The molecule has 214 valence electrons. The van der Waals surface area contributed by atoms with Crippen molar-refractivity contribution >= 4 is 27.3 Å². The number of hydrogen-bond acceptors (Lipinski definition) is 6. The van der Waals surface area contributed by atoms with Gasteiger partial charge in [-0.3, -0.25) is 9.59 Å². The number of furan rings is 1. The van der Waals surface area contributed by atoms with Gasteiger partial charge in [-0.1, -0.05) is 38.2 Å². The SMILES string of the molecule is C[C@@H](CNc1cccc(S(C)(=O)=O)c1)NC(=O)[C@H](CC1CCCCC1)NC(=O)c1ccc(-c2ccc(F)cc2)o1. The predicted octanol–water partition coefficient (Wildman–Crippen LogP) is 5.17. The lowest BCUT2D eigenvalue weighted by Crippen LogP contribution is -2.51. The van der Waals surface area contributed by atoms with Crippen LogP contribution in [0.4, 0.5) is 10.1 Å². The maximum atomic E-state index is 13.4. The molecule has 1 aromatic heterocycles. The molecule has 0 aliphatic heterocycles. The quantitative estimate of drug-likeness (QED) is 0.293. The highest BCUT2D eigenvalue weighted by Gasteiger charge is 2.28. The van der Waals surface area contributed by atoms with Gasteiger partial charge in [0.05, 0.1) is 4.90 Å². The Morgan fingerprint density at radius 1 is 1.00 bits per heavy atom. The molecule has 2 aromatic carbocycles. The molecule has 2 atom stereocenters. The van der Waals surface area contributed by atoms with Crippen molar-refractivity contribution in [3.63, 3.8) is 0 Å². The lowest BCUT2D eigenvalue weighted by molar-refractivity contribution is -0.124. The summed E-state index contributed by atoms with van der Waals surface area (Å²) in [5.74, 6) is -0.310. The molecule has 3 N–H and O–H groups in total. The molecule has 1 fully saturated rings. The van der Waals surface area contributed by atoms with E-state index in [9.17, 15) is 22.4 Å². The summed E-state index contributed by atoms with van der Waals surface area (Å²) in [6, 6.07) is 14.4. The van der Waals surface area contributed by atoms with Gasteiger partial charge in [0.2, 0.25) is 5.91 Å². The first-order valence-electron chi connectivity index (χ1n) is 13.6. The summed E-state index contributed by atoms with van der Waals surface area (Å²) in [6.45, 7) is 2.20. The Bertz CT molecular complexity index is 1420. The van der Waals surface area contributed by atoms with Gasteiger partial charge in [-0.25, -0.2) is 12.8 Å². The number of benzene rings is 2. The first-order valence-corrected chi connectivity index (χ1v) is 15.5. The van der Waals surface area contributed by atoms with Gasteiger partial charge in [-0.15, -0.1) is 0 Å². The van der Waals surface area contributed by atoms with Crippen LogP contribution >= 0.6 is 0 Å². The van der Waals surface area contributed by atoms with Crippen molar-refractivity contribution in [1.29, 1.82) is 0 Å². The zero-order valence-corrected chi connectivity index (χ0v) is 23.6. The third kappa shape index (κ3) is 8.17. The summed E-state index contributed by atoms with van der Waals surface area (Å²) in [6.07, 6.45) is 7.12. The highest BCUT2D eigenvalue weighted by atomic mass is 32.2. The molecule has 1 heterocycles. The molecule has 8 nitrogen and oxygen atoms in total. The van der Waals surface area contributed by atoms with E-state index in [1.165, 1.54) is 24.6 Å². The van der Waals surface area contributed by atoms with Crippen molar-refractivity contribution in [2.24, 2.45) is 5.92 Å². The Labute approximate surface area is 234 Å². The second-order valence-electron chi connectivity index (χ2n) is 10.5. The van der Waals surface area contributed by atoms with Crippen LogP contribution in [0.3, 0.4) is 0 Å². The number of nitrogens with one attached hydrogen (secondary N) is 3. The molecule has 40 heavy (non-hydrogen) atoms. The second kappa shape index (κ2) is 13.1. The molecule has 2 amide bonds. The minimum absolute atomic E-state index is 0.0706. The molecule has 0 bridgehead atoms. The third-order valence-electron chi connectivity index (χ3n) is 7.14. The normalized spacial score (nSPS) is 15.7. The predicted molar refractivity (Wildman–Crippen MR) is 152 cm³/mol. The summed E-state index contributed by atoms with van der Waals surface area (Å²) in [5.41, 5.74) is 1.27. The summed E-state index contributed by atoms with van der Waals surface area (Å²) >= 11 is 0. The number of amides is 2. The fourth-order valence-corrected chi connectivity index (χ4v) is 5.62. The van der Waals surface area contributed by atoms with Crippen molar-refractivity contribution in [3.05, 3.63) is 72.2 Å². The minimum atomic E-state index is -3.33. The maximum Gasteiger partial charge on any atom is 0.287 e. The summed E-state index contributed by atoms with van der Waals surface area (Å²) < 4.78 is 42.7. The first-order chi connectivity index (χ1) is 19.1. The number of anilines is 1. The minimum Gasteiger partial charge on any atom is -0.451 e. The van der Waals surface area contributed by atoms with Crippen molar-refractivity contribution < 1.29 is 26.8 Å². The topological polar surface area (TPSA) is 118 Å². The Hall–Kier alpha value is -3.66. The van der Waals surface area contributed by atoms with Gasteiger partial charge in [0.25, 0.3) is 5.91 Å². The lowest BCUT2D eigenvalue weighted by Gasteiger charge is -2.27. The molecule has 0 unspecified atom stereocenters. The molecule has 0 saturated heterocycles. The molecule has 1 aliphatic carbocycles. The van der Waals surface area contributed by atoms with Crippen molar-refractivity contribution in [1.82, 2.24) is 10.6 Å². The molecule has 4 rings (SSSR count). The highest BCUT2D eigenvalue weighted by molar-refractivity contribution is 7.90. The lowest BCUT2D eigenvalue weighted by atomic mass is 9.84. The number of sulfone groups is 1. The zero-order valence-electron chi connectivity index (χ0n) is 22.8. The van der Waals surface area contributed by atoms with Crippen LogP contribution in [0.5, 0.6) is 0 Å². The Morgan fingerprint density at radius 3 is 2.42 bits per heavy atom. The molecular weight excluding hydrogens is 533 g/mol. The van der Waals surface area contributed by atoms with Crippen LogP contribution in [0, 0.1) is 11.7 Å². The number of carbonyl (C=O) groups is 2. The molecule has 3 aromatic rings. The largest absolute Gasteiger partial charge is 0.451 e. The average Bonchev–Trinajstić information content (AvgIpc) is 3.43. The summed E-state index contributed by atoms with van der Waals surface area (Å²) in [7, 11) is -3.33. The monoisotopic (exact) mass is 569 g/mol. The molecule has 1 aliphatic rings. The van der Waals surface area contributed by atoms with E-state index < -0.39 is 21.8 Å². The number of carbonyl (C=O) groups excluding carboxylic acids is 2. The van der Waals surface area contributed by atoms with Gasteiger partial charge < -0.3 is 20.4 Å². The molecule has 0 spiro atoms. The number of hydrogen-bond donors (Lipinski definition) is 3. The van der Waals surface area contributed by atoms with Crippen LogP contribution in [-0.4, -0.2) is 45.1 Å². The second-order valence-corrected chi connectivity index (χ2v) is 12.5. The standard InChI is InChI=1S/C30H36FN3O5S/c1-20(19-32-24-9-6-10-25(18-24)40(2,37)38)33-29(35)26(17-21-7-4-3-5-8-21)34-30(36)28-16-15-27(39-28)22-11-13-23(31)14-12-22/h6,9-16,18,20-21,26,32H,3-5,7-8,17,19H2,1-2H3,(H,33,35)(H,34,36)/t20-,26-/m0/s1. The van der Waals surface area contributed by atoms with Crippen LogP contribution in [0.2, 0.25) is 0 Å². The van der Waals surface area contributed by atoms with E-state index in [1.54, 1.807) is 42.5 Å². The van der Waals surface area contributed by atoms with E-state index in [4.69, 9.17) is 4.42 Å². The third-order valence-corrected chi connectivity index (χ3v) is 8.25. The van der Waals surface area contributed by atoms with Crippen LogP contribution in [-0.2, 0) is 14.6 Å². The van der Waals surface area contributed by atoms with Crippen LogP contribution in [0.25, 0.3) is 11.3 Å². The van der Waals surface area contributed by atoms with E-state index in [2.05, 4.69) is 16.0 Å².